The lowest BCUT2D eigenvalue weighted by atomic mass is 9.87. The van der Waals surface area contributed by atoms with Crippen LogP contribution in [0.4, 0.5) is 11.4 Å². The van der Waals surface area contributed by atoms with E-state index in [0.29, 0.717) is 28.4 Å². The lowest BCUT2D eigenvalue weighted by Crippen LogP contribution is -2.20. The number of hydrogen-bond donors (Lipinski definition) is 3. The number of phenolic OH excluding ortho intramolecular Hbond substituents is 1. The molecule has 0 aromatic heterocycles. The molecule has 2 amide bonds. The molecule has 7 heteroatoms. The Bertz CT molecular complexity index is 1130. The molecule has 0 spiro atoms. The van der Waals surface area contributed by atoms with Gasteiger partial charge >= 0.3 is 0 Å². The summed E-state index contributed by atoms with van der Waals surface area (Å²) in [5.41, 5.74) is 2.22. The topological polar surface area (TPSA) is 96.9 Å². The molecule has 0 bridgehead atoms. The fourth-order valence-corrected chi connectivity index (χ4v) is 3.05. The van der Waals surface area contributed by atoms with Gasteiger partial charge in [0, 0.05) is 17.3 Å². The second-order valence-corrected chi connectivity index (χ2v) is 8.53. The minimum absolute atomic E-state index is 0.00153. The third kappa shape index (κ3) is 6.49. The number of hydrogen-bond acceptors (Lipinski definition) is 5. The number of benzene rings is 3. The summed E-state index contributed by atoms with van der Waals surface area (Å²) in [4.78, 5) is 24.8. The SMILES string of the molecule is COc1cccc(NC(=O)COc2ccc(C(=O)Nc3cc(C(C)(C)C)ccc3O)cc2)c1. The first-order valence-electron chi connectivity index (χ1n) is 10.5. The molecule has 33 heavy (non-hydrogen) atoms. The Kier molecular flexibility index (Phi) is 7.23. The number of phenols is 1. The van der Waals surface area contributed by atoms with Gasteiger partial charge in [-0.3, -0.25) is 9.59 Å². The first-order chi connectivity index (χ1) is 15.7. The van der Waals surface area contributed by atoms with E-state index in [-0.39, 0.29) is 29.6 Å². The van der Waals surface area contributed by atoms with Crippen molar-refractivity contribution in [1.82, 2.24) is 0 Å². The molecule has 0 radical (unpaired) electrons. The van der Waals surface area contributed by atoms with E-state index in [1.165, 1.54) is 0 Å². The van der Waals surface area contributed by atoms with Gasteiger partial charge in [-0.15, -0.1) is 0 Å². The highest BCUT2D eigenvalue weighted by molar-refractivity contribution is 6.05. The van der Waals surface area contributed by atoms with E-state index in [1.807, 2.05) is 6.07 Å². The molecule has 7 nitrogen and oxygen atoms in total. The van der Waals surface area contributed by atoms with Crippen LogP contribution in [0.2, 0.25) is 0 Å². The van der Waals surface area contributed by atoms with Crippen molar-refractivity contribution >= 4 is 23.2 Å². The first-order valence-corrected chi connectivity index (χ1v) is 10.5. The van der Waals surface area contributed by atoms with Crippen LogP contribution in [-0.2, 0) is 10.2 Å². The van der Waals surface area contributed by atoms with Crippen molar-refractivity contribution in [3.05, 3.63) is 77.9 Å². The highest BCUT2D eigenvalue weighted by Gasteiger charge is 2.17. The standard InChI is InChI=1S/C26H28N2O5/c1-26(2,3)18-10-13-23(29)22(14-18)28-25(31)17-8-11-20(12-9-17)33-16-24(30)27-19-6-5-7-21(15-19)32-4/h5-15,29H,16H2,1-4H3,(H,27,30)(H,28,31). The van der Waals surface area contributed by atoms with Gasteiger partial charge in [0.2, 0.25) is 0 Å². The summed E-state index contributed by atoms with van der Waals surface area (Å²) in [6, 6.07) is 18.6. The maximum Gasteiger partial charge on any atom is 0.262 e. The zero-order valence-corrected chi connectivity index (χ0v) is 19.1. The maximum atomic E-state index is 12.6. The van der Waals surface area contributed by atoms with Crippen LogP contribution >= 0.6 is 0 Å². The molecule has 0 atom stereocenters. The highest BCUT2D eigenvalue weighted by atomic mass is 16.5. The zero-order valence-electron chi connectivity index (χ0n) is 19.1. The number of rotatable bonds is 7. The lowest BCUT2D eigenvalue weighted by Gasteiger charge is -2.20. The van der Waals surface area contributed by atoms with E-state index >= 15 is 0 Å². The van der Waals surface area contributed by atoms with E-state index in [2.05, 4.69) is 31.4 Å². The lowest BCUT2D eigenvalue weighted by molar-refractivity contribution is -0.118. The van der Waals surface area contributed by atoms with Crippen molar-refractivity contribution in [3.8, 4) is 17.2 Å². The molecule has 3 rings (SSSR count). The predicted molar refractivity (Wildman–Crippen MR) is 128 cm³/mol. The van der Waals surface area contributed by atoms with Crippen LogP contribution in [0.3, 0.4) is 0 Å². The van der Waals surface area contributed by atoms with Crippen LogP contribution < -0.4 is 20.1 Å². The fraction of sp³-hybridized carbons (Fsp3) is 0.231. The average Bonchev–Trinajstić information content (AvgIpc) is 2.78. The van der Waals surface area contributed by atoms with Gasteiger partial charge in [0.25, 0.3) is 11.8 Å². The molecule has 0 aliphatic heterocycles. The number of carbonyl (C=O) groups excluding carboxylic acids is 2. The Hall–Kier alpha value is -4.00. The fourth-order valence-electron chi connectivity index (χ4n) is 3.05. The van der Waals surface area contributed by atoms with Gasteiger partial charge in [-0.05, 0) is 59.5 Å². The molecule has 3 aromatic rings. The number of amides is 2. The first kappa shape index (κ1) is 23.7. The van der Waals surface area contributed by atoms with Gasteiger partial charge < -0.3 is 25.2 Å². The van der Waals surface area contributed by atoms with Gasteiger partial charge in [-0.25, -0.2) is 0 Å². The monoisotopic (exact) mass is 448 g/mol. The number of carbonyl (C=O) groups is 2. The molecule has 0 aliphatic carbocycles. The molecule has 0 saturated carbocycles. The van der Waals surface area contributed by atoms with Crippen LogP contribution in [0.5, 0.6) is 17.2 Å². The Morgan fingerprint density at radius 1 is 0.909 bits per heavy atom. The number of ether oxygens (including phenoxy) is 2. The second-order valence-electron chi connectivity index (χ2n) is 8.53. The number of anilines is 2. The van der Waals surface area contributed by atoms with E-state index in [1.54, 1.807) is 67.8 Å². The van der Waals surface area contributed by atoms with E-state index in [4.69, 9.17) is 9.47 Å². The summed E-state index contributed by atoms with van der Waals surface area (Å²) in [5.74, 6) is 0.405. The van der Waals surface area contributed by atoms with Gasteiger partial charge in [0.05, 0.1) is 12.8 Å². The van der Waals surface area contributed by atoms with Crippen LogP contribution in [-0.4, -0.2) is 30.6 Å². The molecule has 0 fully saturated rings. The zero-order chi connectivity index (χ0) is 24.0. The second kappa shape index (κ2) is 10.1. The van der Waals surface area contributed by atoms with Gasteiger partial charge in [0.1, 0.15) is 17.2 Å². The van der Waals surface area contributed by atoms with E-state index < -0.39 is 0 Å². The molecule has 3 aromatic carbocycles. The molecule has 0 heterocycles. The number of methoxy groups -OCH3 is 1. The summed E-state index contributed by atoms with van der Waals surface area (Å²) < 4.78 is 10.6. The van der Waals surface area contributed by atoms with Gasteiger partial charge in [-0.2, -0.15) is 0 Å². The van der Waals surface area contributed by atoms with Crippen LogP contribution in [0.25, 0.3) is 0 Å². The quantitative estimate of drug-likeness (QED) is 0.444. The van der Waals surface area contributed by atoms with Crippen molar-refractivity contribution < 1.29 is 24.2 Å². The Labute approximate surface area is 193 Å². The summed E-state index contributed by atoms with van der Waals surface area (Å²) in [6.45, 7) is 5.98. The Balaban J connectivity index is 1.57. The normalized spacial score (nSPS) is 10.9. The van der Waals surface area contributed by atoms with Crippen LogP contribution in [0.1, 0.15) is 36.7 Å². The van der Waals surface area contributed by atoms with E-state index in [9.17, 15) is 14.7 Å². The highest BCUT2D eigenvalue weighted by Crippen LogP contribution is 2.31. The van der Waals surface area contributed by atoms with Crippen molar-refractivity contribution in [2.45, 2.75) is 26.2 Å². The van der Waals surface area contributed by atoms with Crippen molar-refractivity contribution in [2.24, 2.45) is 0 Å². The third-order valence-corrected chi connectivity index (χ3v) is 4.95. The smallest absolute Gasteiger partial charge is 0.262 e. The predicted octanol–water partition coefficient (Wildman–Crippen LogP) is 4.97. The summed E-state index contributed by atoms with van der Waals surface area (Å²) in [6.07, 6.45) is 0. The average molecular weight is 449 g/mol. The molecule has 3 N–H and O–H groups in total. The maximum absolute atomic E-state index is 12.6. The van der Waals surface area contributed by atoms with Gasteiger partial charge in [0.15, 0.2) is 6.61 Å². The molecular formula is C26H28N2O5. The van der Waals surface area contributed by atoms with Crippen LogP contribution in [0, 0.1) is 0 Å². The van der Waals surface area contributed by atoms with Crippen molar-refractivity contribution in [2.75, 3.05) is 24.4 Å². The molecule has 172 valence electrons. The minimum atomic E-state index is -0.362. The van der Waals surface area contributed by atoms with Crippen molar-refractivity contribution in [1.29, 1.82) is 0 Å². The Morgan fingerprint density at radius 3 is 2.30 bits per heavy atom. The molecule has 0 saturated heterocycles. The molecule has 0 unspecified atom stereocenters. The third-order valence-electron chi connectivity index (χ3n) is 4.95. The number of aromatic hydroxyl groups is 1. The van der Waals surface area contributed by atoms with Crippen molar-refractivity contribution in [3.63, 3.8) is 0 Å². The largest absolute Gasteiger partial charge is 0.506 e. The summed E-state index contributed by atoms with van der Waals surface area (Å²) >= 11 is 0. The van der Waals surface area contributed by atoms with Gasteiger partial charge in [-0.1, -0.05) is 32.9 Å². The summed E-state index contributed by atoms with van der Waals surface area (Å²) in [5, 5.41) is 15.6. The van der Waals surface area contributed by atoms with E-state index in [0.717, 1.165) is 5.56 Å². The number of nitrogens with one attached hydrogen (secondary N) is 2. The van der Waals surface area contributed by atoms with Crippen LogP contribution in [0.15, 0.2) is 66.7 Å². The Morgan fingerprint density at radius 2 is 1.64 bits per heavy atom. The summed E-state index contributed by atoms with van der Waals surface area (Å²) in [7, 11) is 1.56. The minimum Gasteiger partial charge on any atom is -0.506 e. The molecular weight excluding hydrogens is 420 g/mol. The molecule has 0 aliphatic rings.